The van der Waals surface area contributed by atoms with Gasteiger partial charge in [0, 0.05) is 6.08 Å². The number of hydrogen-bond donors (Lipinski definition) is 1. The molecule has 0 heterocycles. The number of ether oxygens (including phenoxy) is 2. The van der Waals surface area contributed by atoms with Crippen molar-refractivity contribution < 1.29 is 19.4 Å². The number of carboxylic acid groups (broad SMARTS) is 1. The van der Waals surface area contributed by atoms with Crippen LogP contribution in [0.15, 0.2) is 48.5 Å². The fourth-order valence-electron chi connectivity index (χ4n) is 1.64. The van der Waals surface area contributed by atoms with Crippen LogP contribution < -0.4 is 9.47 Å². The van der Waals surface area contributed by atoms with Crippen molar-refractivity contribution >= 4 is 23.6 Å². The van der Waals surface area contributed by atoms with E-state index in [4.69, 9.17) is 26.2 Å². The molecule has 1 N–H and O–H groups in total. The Labute approximate surface area is 127 Å². The van der Waals surface area contributed by atoms with Crippen molar-refractivity contribution in [2.24, 2.45) is 0 Å². The van der Waals surface area contributed by atoms with E-state index >= 15 is 0 Å². The van der Waals surface area contributed by atoms with Gasteiger partial charge in [0.25, 0.3) is 0 Å². The first-order chi connectivity index (χ1) is 10.1. The number of benzene rings is 2. The second-order valence-corrected chi connectivity index (χ2v) is 4.55. The van der Waals surface area contributed by atoms with Crippen molar-refractivity contribution in [1.29, 1.82) is 0 Å². The lowest BCUT2D eigenvalue weighted by atomic mass is 10.2. The number of carbonyl (C=O) groups is 1. The van der Waals surface area contributed by atoms with Gasteiger partial charge in [-0.05, 0) is 48.0 Å². The van der Waals surface area contributed by atoms with Crippen LogP contribution in [-0.4, -0.2) is 18.2 Å². The third kappa shape index (κ3) is 4.26. The summed E-state index contributed by atoms with van der Waals surface area (Å²) in [5.41, 5.74) is 0.685. The molecule has 0 spiro atoms. The van der Waals surface area contributed by atoms with E-state index in [2.05, 4.69) is 0 Å². The maximum atomic E-state index is 10.5. The van der Waals surface area contributed by atoms with Crippen molar-refractivity contribution in [3.05, 3.63) is 59.1 Å². The summed E-state index contributed by atoms with van der Waals surface area (Å²) in [6.45, 7) is 0. The Balaban J connectivity index is 2.14. The number of hydrogen-bond acceptors (Lipinski definition) is 3. The van der Waals surface area contributed by atoms with Gasteiger partial charge in [0.2, 0.25) is 0 Å². The van der Waals surface area contributed by atoms with E-state index in [1.54, 1.807) is 49.6 Å². The van der Waals surface area contributed by atoms with Gasteiger partial charge in [-0.3, -0.25) is 0 Å². The molecule has 0 aliphatic carbocycles. The van der Waals surface area contributed by atoms with Gasteiger partial charge in [-0.2, -0.15) is 0 Å². The molecule has 0 aliphatic rings. The van der Waals surface area contributed by atoms with E-state index in [0.717, 1.165) is 11.8 Å². The SMILES string of the molecule is COc1ccc(Oc2ccc(/C=C/C(=O)O)cc2Cl)cc1. The van der Waals surface area contributed by atoms with E-state index in [1.807, 2.05) is 0 Å². The van der Waals surface area contributed by atoms with Gasteiger partial charge < -0.3 is 14.6 Å². The minimum Gasteiger partial charge on any atom is -0.497 e. The summed E-state index contributed by atoms with van der Waals surface area (Å²) in [4.78, 5) is 10.5. The molecule has 5 heteroatoms. The largest absolute Gasteiger partial charge is 0.497 e. The molecule has 21 heavy (non-hydrogen) atoms. The average molecular weight is 305 g/mol. The van der Waals surface area contributed by atoms with Crippen LogP contribution in [0, 0.1) is 0 Å². The number of methoxy groups -OCH3 is 1. The fraction of sp³-hybridized carbons (Fsp3) is 0.0625. The lowest BCUT2D eigenvalue weighted by Crippen LogP contribution is -1.88. The van der Waals surface area contributed by atoms with E-state index in [0.29, 0.717) is 22.1 Å². The Morgan fingerprint density at radius 1 is 1.14 bits per heavy atom. The average Bonchev–Trinajstić information content (AvgIpc) is 2.48. The molecule has 0 saturated heterocycles. The molecule has 0 bridgehead atoms. The molecule has 0 radical (unpaired) electrons. The van der Waals surface area contributed by atoms with Crippen LogP contribution in [0.5, 0.6) is 17.2 Å². The molecule has 0 fully saturated rings. The maximum Gasteiger partial charge on any atom is 0.328 e. The summed E-state index contributed by atoms with van der Waals surface area (Å²) >= 11 is 6.12. The molecule has 0 amide bonds. The minimum absolute atomic E-state index is 0.401. The topological polar surface area (TPSA) is 55.8 Å². The predicted octanol–water partition coefficient (Wildman–Crippen LogP) is 4.24. The third-order valence-electron chi connectivity index (χ3n) is 2.66. The lowest BCUT2D eigenvalue weighted by molar-refractivity contribution is -0.131. The second kappa shape index (κ2) is 6.81. The number of rotatable bonds is 5. The summed E-state index contributed by atoms with van der Waals surface area (Å²) in [6, 6.07) is 12.2. The van der Waals surface area contributed by atoms with E-state index in [1.165, 1.54) is 6.08 Å². The van der Waals surface area contributed by atoms with Gasteiger partial charge in [-0.1, -0.05) is 17.7 Å². The van der Waals surface area contributed by atoms with Crippen LogP contribution in [0.1, 0.15) is 5.56 Å². The monoisotopic (exact) mass is 304 g/mol. The quantitative estimate of drug-likeness (QED) is 0.839. The number of halogens is 1. The van der Waals surface area contributed by atoms with Gasteiger partial charge in [0.05, 0.1) is 12.1 Å². The molecule has 0 aromatic heterocycles. The maximum absolute atomic E-state index is 10.5. The third-order valence-corrected chi connectivity index (χ3v) is 2.96. The minimum atomic E-state index is -1.01. The smallest absolute Gasteiger partial charge is 0.328 e. The molecule has 0 saturated carbocycles. The van der Waals surface area contributed by atoms with Crippen LogP contribution in [-0.2, 0) is 4.79 Å². The first kappa shape index (κ1) is 14.9. The van der Waals surface area contributed by atoms with Crippen molar-refractivity contribution in [1.82, 2.24) is 0 Å². The van der Waals surface area contributed by atoms with Crippen molar-refractivity contribution in [3.63, 3.8) is 0 Å². The lowest BCUT2D eigenvalue weighted by Gasteiger charge is -2.08. The summed E-state index contributed by atoms with van der Waals surface area (Å²) in [5, 5.41) is 8.98. The first-order valence-corrected chi connectivity index (χ1v) is 6.49. The van der Waals surface area contributed by atoms with Gasteiger partial charge >= 0.3 is 5.97 Å². The van der Waals surface area contributed by atoms with Gasteiger partial charge in [-0.25, -0.2) is 4.79 Å². The summed E-state index contributed by atoms with van der Waals surface area (Å²) in [6.07, 6.45) is 2.51. The van der Waals surface area contributed by atoms with Crippen LogP contribution in [0.4, 0.5) is 0 Å². The molecule has 108 valence electrons. The summed E-state index contributed by atoms with van der Waals surface area (Å²) in [7, 11) is 1.59. The number of carboxylic acids is 1. The Morgan fingerprint density at radius 2 is 1.81 bits per heavy atom. The zero-order valence-corrected chi connectivity index (χ0v) is 12.0. The fourth-order valence-corrected chi connectivity index (χ4v) is 1.87. The zero-order valence-electron chi connectivity index (χ0n) is 11.2. The molecular weight excluding hydrogens is 292 g/mol. The Hall–Kier alpha value is -2.46. The van der Waals surface area contributed by atoms with Crippen molar-refractivity contribution in [2.75, 3.05) is 7.11 Å². The highest BCUT2D eigenvalue weighted by atomic mass is 35.5. The van der Waals surface area contributed by atoms with Crippen LogP contribution in [0.25, 0.3) is 6.08 Å². The Morgan fingerprint density at radius 3 is 2.38 bits per heavy atom. The standard InChI is InChI=1S/C16H13ClO4/c1-20-12-4-6-13(7-5-12)21-15-8-2-11(10-14(15)17)3-9-16(18)19/h2-10H,1H3,(H,18,19)/b9-3+. The second-order valence-electron chi connectivity index (χ2n) is 4.14. The normalized spacial score (nSPS) is 10.6. The molecule has 0 atom stereocenters. The number of aliphatic carboxylic acids is 1. The summed E-state index contributed by atoms with van der Waals surface area (Å²) in [5.74, 6) is 0.855. The van der Waals surface area contributed by atoms with E-state index in [9.17, 15) is 4.79 Å². The first-order valence-electron chi connectivity index (χ1n) is 6.11. The van der Waals surface area contributed by atoms with Gasteiger partial charge in [-0.15, -0.1) is 0 Å². The molecular formula is C16H13ClO4. The van der Waals surface area contributed by atoms with Gasteiger partial charge in [0.1, 0.15) is 17.2 Å². The molecule has 2 aromatic rings. The van der Waals surface area contributed by atoms with Crippen molar-refractivity contribution in [3.8, 4) is 17.2 Å². The molecule has 4 nitrogen and oxygen atoms in total. The predicted molar refractivity (Wildman–Crippen MR) is 81.2 cm³/mol. The van der Waals surface area contributed by atoms with E-state index < -0.39 is 5.97 Å². The summed E-state index contributed by atoms with van der Waals surface area (Å²) < 4.78 is 10.7. The van der Waals surface area contributed by atoms with E-state index in [-0.39, 0.29) is 0 Å². The Kier molecular flexibility index (Phi) is 4.85. The van der Waals surface area contributed by atoms with Crippen LogP contribution in [0.3, 0.4) is 0 Å². The van der Waals surface area contributed by atoms with Gasteiger partial charge in [0.15, 0.2) is 0 Å². The van der Waals surface area contributed by atoms with Crippen molar-refractivity contribution in [2.45, 2.75) is 0 Å². The van der Waals surface area contributed by atoms with Crippen LogP contribution in [0.2, 0.25) is 5.02 Å². The Bertz CT molecular complexity index is 662. The molecule has 2 aromatic carbocycles. The molecule has 0 aliphatic heterocycles. The highest BCUT2D eigenvalue weighted by molar-refractivity contribution is 6.32. The molecule has 0 unspecified atom stereocenters. The van der Waals surface area contributed by atoms with Crippen LogP contribution >= 0.6 is 11.6 Å². The highest BCUT2D eigenvalue weighted by Crippen LogP contribution is 2.31. The highest BCUT2D eigenvalue weighted by Gasteiger charge is 2.04. The zero-order chi connectivity index (χ0) is 15.2. The molecule has 2 rings (SSSR count).